The van der Waals surface area contributed by atoms with Crippen LogP contribution in [0.5, 0.6) is 0 Å². The van der Waals surface area contributed by atoms with Crippen molar-refractivity contribution in [3.8, 4) is 0 Å². The van der Waals surface area contributed by atoms with Gasteiger partial charge in [-0.25, -0.2) is 13.1 Å². The molecule has 2 rings (SSSR count). The van der Waals surface area contributed by atoms with E-state index in [0.717, 1.165) is 5.56 Å². The molecule has 0 aromatic heterocycles. The van der Waals surface area contributed by atoms with Gasteiger partial charge in [-0.15, -0.1) is 0 Å². The van der Waals surface area contributed by atoms with E-state index in [1.807, 2.05) is 0 Å². The maximum absolute atomic E-state index is 12.1. The number of nitrogens with one attached hydrogen (secondary N) is 1. The molecule has 0 saturated heterocycles. The molecule has 0 unspecified atom stereocenters. The van der Waals surface area contributed by atoms with Crippen molar-refractivity contribution in [1.29, 1.82) is 0 Å². The third-order valence-corrected chi connectivity index (χ3v) is 5.14. The van der Waals surface area contributed by atoms with Gasteiger partial charge in [0.25, 0.3) is 0 Å². The number of sulfonamides is 1. The second kappa shape index (κ2) is 6.99. The molecule has 7 heteroatoms. The molecular weight excluding hydrogens is 353 g/mol. The van der Waals surface area contributed by atoms with Gasteiger partial charge in [0.15, 0.2) is 0 Å². The zero-order valence-corrected chi connectivity index (χ0v) is 13.9. The number of halogens is 3. The van der Waals surface area contributed by atoms with Crippen molar-refractivity contribution in [1.82, 2.24) is 4.72 Å². The molecule has 0 amide bonds. The third kappa shape index (κ3) is 4.59. The van der Waals surface area contributed by atoms with E-state index in [1.54, 1.807) is 18.2 Å². The van der Waals surface area contributed by atoms with Crippen molar-refractivity contribution in [3.05, 3.63) is 63.1 Å². The Labute approximate surface area is 138 Å². The highest BCUT2D eigenvalue weighted by atomic mass is 35.5. The van der Waals surface area contributed by atoms with E-state index >= 15 is 0 Å². The fourth-order valence-electron chi connectivity index (χ4n) is 1.74. The van der Waals surface area contributed by atoms with Crippen LogP contribution in [-0.4, -0.2) is 15.0 Å². The molecule has 21 heavy (non-hydrogen) atoms. The Hall–Kier alpha value is -0.780. The van der Waals surface area contributed by atoms with Gasteiger partial charge in [-0.2, -0.15) is 0 Å². The number of hydrogen-bond acceptors (Lipinski definition) is 2. The molecule has 0 aliphatic rings. The second-order valence-corrected chi connectivity index (χ2v) is 7.38. The first-order valence-electron chi connectivity index (χ1n) is 6.08. The maximum Gasteiger partial charge on any atom is 0.240 e. The van der Waals surface area contributed by atoms with Crippen LogP contribution in [0.15, 0.2) is 47.4 Å². The zero-order chi connectivity index (χ0) is 15.5. The van der Waals surface area contributed by atoms with Crippen LogP contribution in [-0.2, 0) is 16.4 Å². The van der Waals surface area contributed by atoms with Gasteiger partial charge in [-0.3, -0.25) is 0 Å². The van der Waals surface area contributed by atoms with Crippen LogP contribution in [0.25, 0.3) is 0 Å². The van der Waals surface area contributed by atoms with Gasteiger partial charge in [-0.1, -0.05) is 40.9 Å². The average Bonchev–Trinajstić information content (AvgIpc) is 2.41. The number of hydrogen-bond donors (Lipinski definition) is 1. The Morgan fingerprint density at radius 3 is 2.14 bits per heavy atom. The summed E-state index contributed by atoms with van der Waals surface area (Å²) in [4.78, 5) is 0.175. The van der Waals surface area contributed by atoms with Crippen LogP contribution in [0.1, 0.15) is 5.56 Å². The van der Waals surface area contributed by atoms with Gasteiger partial charge in [0, 0.05) is 21.6 Å². The minimum atomic E-state index is -3.55. The quantitative estimate of drug-likeness (QED) is 0.865. The molecule has 1 N–H and O–H groups in total. The fourth-order valence-corrected chi connectivity index (χ4v) is 3.40. The molecule has 0 spiro atoms. The fraction of sp³-hybridized carbons (Fsp3) is 0.143. The maximum atomic E-state index is 12.1. The SMILES string of the molecule is O=S(=O)(NCCc1ccc(Cl)cc1Cl)c1ccc(Cl)cc1. The molecular formula is C14H12Cl3NO2S. The first kappa shape index (κ1) is 16.6. The highest BCUT2D eigenvalue weighted by molar-refractivity contribution is 7.89. The zero-order valence-electron chi connectivity index (χ0n) is 10.8. The summed E-state index contributed by atoms with van der Waals surface area (Å²) < 4.78 is 26.7. The van der Waals surface area contributed by atoms with Crippen LogP contribution in [0.4, 0.5) is 0 Å². The van der Waals surface area contributed by atoms with Gasteiger partial charge >= 0.3 is 0 Å². The molecule has 2 aromatic rings. The van der Waals surface area contributed by atoms with E-state index in [0.29, 0.717) is 21.5 Å². The Bertz CT molecular complexity index is 730. The van der Waals surface area contributed by atoms with E-state index in [1.165, 1.54) is 24.3 Å². The molecule has 3 nitrogen and oxygen atoms in total. The van der Waals surface area contributed by atoms with Crippen LogP contribution in [0.3, 0.4) is 0 Å². The summed E-state index contributed by atoms with van der Waals surface area (Å²) >= 11 is 17.6. The van der Waals surface area contributed by atoms with Crippen LogP contribution >= 0.6 is 34.8 Å². The highest BCUT2D eigenvalue weighted by Gasteiger charge is 2.13. The lowest BCUT2D eigenvalue weighted by molar-refractivity contribution is 0.581. The Balaban J connectivity index is 2.00. The minimum absolute atomic E-state index is 0.175. The van der Waals surface area contributed by atoms with Crippen LogP contribution < -0.4 is 4.72 Å². The minimum Gasteiger partial charge on any atom is -0.211 e. The Morgan fingerprint density at radius 2 is 1.52 bits per heavy atom. The first-order chi connectivity index (χ1) is 9.88. The van der Waals surface area contributed by atoms with Crippen molar-refractivity contribution in [2.24, 2.45) is 0 Å². The summed E-state index contributed by atoms with van der Waals surface area (Å²) in [5.74, 6) is 0. The predicted molar refractivity (Wildman–Crippen MR) is 86.8 cm³/mol. The van der Waals surface area contributed by atoms with E-state index in [9.17, 15) is 8.42 Å². The summed E-state index contributed by atoms with van der Waals surface area (Å²) in [6.45, 7) is 0.242. The summed E-state index contributed by atoms with van der Waals surface area (Å²) in [5, 5.41) is 1.56. The molecule has 0 aliphatic heterocycles. The normalized spacial score (nSPS) is 11.6. The Morgan fingerprint density at radius 1 is 0.905 bits per heavy atom. The smallest absolute Gasteiger partial charge is 0.211 e. The lowest BCUT2D eigenvalue weighted by atomic mass is 10.1. The molecule has 0 saturated carbocycles. The predicted octanol–water partition coefficient (Wildman–Crippen LogP) is 4.17. The van der Waals surface area contributed by atoms with Gasteiger partial charge in [0.05, 0.1) is 4.90 Å². The molecule has 0 fully saturated rings. The van der Waals surface area contributed by atoms with Gasteiger partial charge in [0.2, 0.25) is 10.0 Å². The standard InChI is InChI=1S/C14H12Cl3NO2S/c15-11-3-5-13(6-4-11)21(19,20)18-8-7-10-1-2-12(16)9-14(10)17/h1-6,9,18H,7-8H2. The summed E-state index contributed by atoms with van der Waals surface area (Å²) in [5.41, 5.74) is 0.833. The van der Waals surface area contributed by atoms with Gasteiger partial charge < -0.3 is 0 Å². The molecule has 0 heterocycles. The van der Waals surface area contributed by atoms with Gasteiger partial charge in [-0.05, 0) is 48.4 Å². The van der Waals surface area contributed by atoms with Crippen molar-refractivity contribution >= 4 is 44.8 Å². The van der Waals surface area contributed by atoms with Crippen LogP contribution in [0, 0.1) is 0 Å². The largest absolute Gasteiger partial charge is 0.240 e. The molecule has 0 aliphatic carbocycles. The summed E-state index contributed by atoms with van der Waals surface area (Å²) in [6.07, 6.45) is 0.475. The number of benzene rings is 2. The lowest BCUT2D eigenvalue weighted by Gasteiger charge is -2.08. The molecule has 112 valence electrons. The van der Waals surface area contributed by atoms with Crippen molar-refractivity contribution < 1.29 is 8.42 Å². The molecule has 0 radical (unpaired) electrons. The average molecular weight is 365 g/mol. The van der Waals surface area contributed by atoms with E-state index in [4.69, 9.17) is 34.8 Å². The van der Waals surface area contributed by atoms with Crippen molar-refractivity contribution in [3.63, 3.8) is 0 Å². The Kier molecular flexibility index (Phi) is 5.52. The topological polar surface area (TPSA) is 46.2 Å². The van der Waals surface area contributed by atoms with Crippen molar-refractivity contribution in [2.75, 3.05) is 6.54 Å². The first-order valence-corrected chi connectivity index (χ1v) is 8.69. The highest BCUT2D eigenvalue weighted by Crippen LogP contribution is 2.21. The number of rotatable bonds is 5. The van der Waals surface area contributed by atoms with Crippen LogP contribution in [0.2, 0.25) is 15.1 Å². The lowest BCUT2D eigenvalue weighted by Crippen LogP contribution is -2.26. The molecule has 0 bridgehead atoms. The van der Waals surface area contributed by atoms with E-state index in [-0.39, 0.29) is 11.4 Å². The second-order valence-electron chi connectivity index (χ2n) is 4.34. The molecule has 0 atom stereocenters. The summed E-state index contributed by atoms with van der Waals surface area (Å²) in [7, 11) is -3.55. The molecule has 2 aromatic carbocycles. The van der Waals surface area contributed by atoms with Gasteiger partial charge in [0.1, 0.15) is 0 Å². The van der Waals surface area contributed by atoms with Crippen molar-refractivity contribution in [2.45, 2.75) is 11.3 Å². The summed E-state index contributed by atoms with van der Waals surface area (Å²) in [6, 6.07) is 11.1. The van der Waals surface area contributed by atoms with E-state index < -0.39 is 10.0 Å². The van der Waals surface area contributed by atoms with E-state index in [2.05, 4.69) is 4.72 Å². The monoisotopic (exact) mass is 363 g/mol. The third-order valence-electron chi connectivity index (χ3n) is 2.83.